The van der Waals surface area contributed by atoms with Gasteiger partial charge in [0, 0.05) is 30.9 Å². The van der Waals surface area contributed by atoms with Gasteiger partial charge in [-0.25, -0.2) is 0 Å². The third-order valence-electron chi connectivity index (χ3n) is 4.95. The Kier molecular flexibility index (Phi) is 5.29. The Morgan fingerprint density at radius 3 is 2.83 bits per heavy atom. The average molecular weight is 390 g/mol. The molecule has 1 aromatic heterocycles. The second-order valence-electron chi connectivity index (χ2n) is 7.01. The first-order valence-corrected chi connectivity index (χ1v) is 9.44. The van der Waals surface area contributed by atoms with E-state index < -0.39 is 5.92 Å². The molecule has 7 nitrogen and oxygen atoms in total. The number of aromatic nitrogens is 2. The molecule has 1 aliphatic rings. The highest BCUT2D eigenvalue weighted by Crippen LogP contribution is 2.28. The third kappa shape index (κ3) is 4.29. The lowest BCUT2D eigenvalue weighted by atomic mass is 10.1. The Hall–Kier alpha value is -3.61. The third-order valence-corrected chi connectivity index (χ3v) is 4.95. The number of nitrogens with one attached hydrogen (secondary N) is 1. The van der Waals surface area contributed by atoms with Crippen LogP contribution in [-0.2, 0) is 16.1 Å². The van der Waals surface area contributed by atoms with E-state index in [1.807, 2.05) is 48.5 Å². The van der Waals surface area contributed by atoms with Gasteiger partial charge in [0.15, 0.2) is 0 Å². The van der Waals surface area contributed by atoms with Crippen LogP contribution < -0.4 is 15.0 Å². The summed E-state index contributed by atoms with van der Waals surface area (Å²) in [7, 11) is 1.58. The first-order valence-electron chi connectivity index (χ1n) is 9.44. The highest BCUT2D eigenvalue weighted by atomic mass is 16.5. The van der Waals surface area contributed by atoms with E-state index in [2.05, 4.69) is 10.4 Å². The Morgan fingerprint density at radius 1 is 1.21 bits per heavy atom. The molecule has 0 aliphatic carbocycles. The molecule has 0 bridgehead atoms. The standard InChI is InChI=1S/C22H22N4O3/c1-29-20-9-5-8-19(11-20)26-14-17(10-21(26)27)22(28)24-18-12-23-25(15-18)13-16-6-3-2-4-7-16/h2-9,11-12,15,17H,10,13-14H2,1H3,(H,24,28). The van der Waals surface area contributed by atoms with Crippen LogP contribution in [0, 0.1) is 5.92 Å². The molecular weight excluding hydrogens is 368 g/mol. The summed E-state index contributed by atoms with van der Waals surface area (Å²) < 4.78 is 6.99. The number of amides is 2. The van der Waals surface area contributed by atoms with Crippen molar-refractivity contribution in [2.24, 2.45) is 5.92 Å². The maximum absolute atomic E-state index is 12.7. The number of hydrogen-bond acceptors (Lipinski definition) is 4. The second-order valence-corrected chi connectivity index (χ2v) is 7.01. The largest absolute Gasteiger partial charge is 0.497 e. The molecule has 1 atom stereocenters. The van der Waals surface area contributed by atoms with Gasteiger partial charge in [-0.05, 0) is 17.7 Å². The molecule has 2 heterocycles. The van der Waals surface area contributed by atoms with E-state index in [1.54, 1.807) is 35.2 Å². The molecule has 2 aromatic carbocycles. The number of nitrogens with zero attached hydrogens (tertiary/aromatic N) is 3. The fourth-order valence-corrected chi connectivity index (χ4v) is 3.44. The quantitative estimate of drug-likeness (QED) is 0.702. The zero-order valence-electron chi connectivity index (χ0n) is 16.1. The lowest BCUT2D eigenvalue weighted by molar-refractivity contribution is -0.122. The van der Waals surface area contributed by atoms with Crippen molar-refractivity contribution >= 4 is 23.2 Å². The van der Waals surface area contributed by atoms with Gasteiger partial charge in [-0.15, -0.1) is 0 Å². The van der Waals surface area contributed by atoms with Crippen LogP contribution in [0.3, 0.4) is 0 Å². The number of anilines is 2. The summed E-state index contributed by atoms with van der Waals surface area (Å²) in [6.07, 6.45) is 3.60. The molecule has 1 N–H and O–H groups in total. The molecule has 0 saturated carbocycles. The molecule has 29 heavy (non-hydrogen) atoms. The van der Waals surface area contributed by atoms with Crippen LogP contribution in [-0.4, -0.2) is 35.2 Å². The van der Waals surface area contributed by atoms with E-state index in [1.165, 1.54) is 0 Å². The molecule has 1 aliphatic heterocycles. The van der Waals surface area contributed by atoms with E-state index in [9.17, 15) is 9.59 Å². The second kappa shape index (κ2) is 8.18. The maximum Gasteiger partial charge on any atom is 0.229 e. The highest BCUT2D eigenvalue weighted by Gasteiger charge is 2.35. The normalized spacial score (nSPS) is 16.1. The molecule has 2 amide bonds. The smallest absolute Gasteiger partial charge is 0.229 e. The summed E-state index contributed by atoms with van der Waals surface area (Å²) in [6.45, 7) is 0.970. The molecule has 7 heteroatoms. The van der Waals surface area contributed by atoms with Gasteiger partial charge in [-0.1, -0.05) is 36.4 Å². The van der Waals surface area contributed by atoms with Crippen molar-refractivity contribution in [2.75, 3.05) is 23.9 Å². The maximum atomic E-state index is 12.7. The van der Waals surface area contributed by atoms with Crippen molar-refractivity contribution in [3.05, 3.63) is 72.6 Å². The van der Waals surface area contributed by atoms with Crippen LogP contribution in [0.25, 0.3) is 0 Å². The Labute approximate surface area is 168 Å². The minimum absolute atomic E-state index is 0.0711. The number of carbonyl (C=O) groups excluding carboxylic acids is 2. The lowest BCUT2D eigenvalue weighted by Gasteiger charge is -2.17. The van der Waals surface area contributed by atoms with Crippen molar-refractivity contribution in [3.63, 3.8) is 0 Å². The van der Waals surface area contributed by atoms with Gasteiger partial charge < -0.3 is 15.0 Å². The minimum atomic E-state index is -0.411. The minimum Gasteiger partial charge on any atom is -0.497 e. The van der Waals surface area contributed by atoms with Gasteiger partial charge in [-0.2, -0.15) is 5.10 Å². The zero-order chi connectivity index (χ0) is 20.2. The van der Waals surface area contributed by atoms with Gasteiger partial charge in [0.25, 0.3) is 0 Å². The molecule has 148 valence electrons. The number of carbonyl (C=O) groups is 2. The van der Waals surface area contributed by atoms with Gasteiger partial charge in [0.2, 0.25) is 11.8 Å². The van der Waals surface area contributed by atoms with Crippen molar-refractivity contribution < 1.29 is 14.3 Å². The summed E-state index contributed by atoms with van der Waals surface area (Å²) >= 11 is 0. The molecule has 3 aromatic rings. The van der Waals surface area contributed by atoms with Gasteiger partial charge >= 0.3 is 0 Å². The van der Waals surface area contributed by atoms with Crippen molar-refractivity contribution in [1.82, 2.24) is 9.78 Å². The first kappa shape index (κ1) is 18.7. The Morgan fingerprint density at radius 2 is 2.03 bits per heavy atom. The molecule has 0 spiro atoms. The van der Waals surface area contributed by atoms with Crippen LogP contribution >= 0.6 is 0 Å². The van der Waals surface area contributed by atoms with Crippen LogP contribution in [0.4, 0.5) is 11.4 Å². The Bertz CT molecular complexity index is 1020. The van der Waals surface area contributed by atoms with Crippen molar-refractivity contribution in [1.29, 1.82) is 0 Å². The number of hydrogen-bond donors (Lipinski definition) is 1. The van der Waals surface area contributed by atoms with Crippen LogP contribution in [0.2, 0.25) is 0 Å². The lowest BCUT2D eigenvalue weighted by Crippen LogP contribution is -2.28. The monoisotopic (exact) mass is 390 g/mol. The van der Waals surface area contributed by atoms with E-state index >= 15 is 0 Å². The van der Waals surface area contributed by atoms with Crippen LogP contribution in [0.15, 0.2) is 67.0 Å². The molecule has 1 saturated heterocycles. The summed E-state index contributed by atoms with van der Waals surface area (Å²) in [4.78, 5) is 26.7. The van der Waals surface area contributed by atoms with E-state index in [-0.39, 0.29) is 18.2 Å². The topological polar surface area (TPSA) is 76.5 Å². The zero-order valence-corrected chi connectivity index (χ0v) is 16.1. The molecular formula is C22H22N4O3. The van der Waals surface area contributed by atoms with Gasteiger partial charge in [0.05, 0.1) is 31.5 Å². The van der Waals surface area contributed by atoms with E-state index in [0.717, 1.165) is 11.3 Å². The van der Waals surface area contributed by atoms with Crippen molar-refractivity contribution in [3.8, 4) is 5.75 Å². The van der Waals surface area contributed by atoms with E-state index in [0.29, 0.717) is 24.5 Å². The number of methoxy groups -OCH3 is 1. The average Bonchev–Trinajstić information content (AvgIpc) is 3.35. The SMILES string of the molecule is COc1cccc(N2CC(C(=O)Nc3cnn(Cc4ccccc4)c3)CC2=O)c1. The van der Waals surface area contributed by atoms with Crippen LogP contribution in [0.5, 0.6) is 5.75 Å². The molecule has 1 fully saturated rings. The summed E-state index contributed by atoms with van der Waals surface area (Å²) in [5.41, 5.74) is 2.49. The Balaban J connectivity index is 1.38. The predicted molar refractivity (Wildman–Crippen MR) is 110 cm³/mol. The van der Waals surface area contributed by atoms with Gasteiger partial charge in [-0.3, -0.25) is 14.3 Å². The van der Waals surface area contributed by atoms with Gasteiger partial charge in [0.1, 0.15) is 5.75 Å². The molecule has 0 radical (unpaired) electrons. The number of benzene rings is 2. The fraction of sp³-hybridized carbons (Fsp3) is 0.227. The fourth-order valence-electron chi connectivity index (χ4n) is 3.44. The highest BCUT2D eigenvalue weighted by molar-refractivity contribution is 6.03. The molecule has 1 unspecified atom stereocenters. The number of rotatable bonds is 6. The summed E-state index contributed by atoms with van der Waals surface area (Å²) in [6, 6.07) is 17.3. The summed E-state index contributed by atoms with van der Waals surface area (Å²) in [5.74, 6) is 0.0152. The van der Waals surface area contributed by atoms with Crippen LogP contribution in [0.1, 0.15) is 12.0 Å². The summed E-state index contributed by atoms with van der Waals surface area (Å²) in [5, 5.41) is 7.18. The predicted octanol–water partition coefficient (Wildman–Crippen LogP) is 2.93. The molecule has 4 rings (SSSR count). The van der Waals surface area contributed by atoms with Crippen molar-refractivity contribution in [2.45, 2.75) is 13.0 Å². The van der Waals surface area contributed by atoms with E-state index in [4.69, 9.17) is 4.74 Å². The number of ether oxygens (including phenoxy) is 1. The first-order chi connectivity index (χ1) is 14.1.